The molecular formula is C16H18Cl2N2S. The van der Waals surface area contributed by atoms with Crippen LogP contribution in [-0.2, 0) is 6.54 Å². The minimum atomic E-state index is 0.463. The van der Waals surface area contributed by atoms with Crippen LogP contribution in [-0.4, -0.2) is 11.0 Å². The van der Waals surface area contributed by atoms with Crippen LogP contribution >= 0.6 is 35.0 Å². The summed E-state index contributed by atoms with van der Waals surface area (Å²) >= 11 is 13.8. The number of nitrogens with zero attached hydrogens (tertiary/aromatic N) is 1. The van der Waals surface area contributed by atoms with E-state index in [9.17, 15) is 0 Å². The summed E-state index contributed by atoms with van der Waals surface area (Å²) in [5.41, 5.74) is 2.32. The van der Waals surface area contributed by atoms with Gasteiger partial charge in [-0.25, -0.2) is 4.98 Å². The largest absolute Gasteiger partial charge is 0.310 e. The molecule has 1 heterocycles. The van der Waals surface area contributed by atoms with E-state index in [1.165, 1.54) is 5.56 Å². The first kappa shape index (κ1) is 16.6. The molecule has 1 N–H and O–H groups in total. The normalized spacial score (nSPS) is 11.1. The minimum Gasteiger partial charge on any atom is -0.310 e. The van der Waals surface area contributed by atoms with Gasteiger partial charge in [0.1, 0.15) is 5.03 Å². The lowest BCUT2D eigenvalue weighted by Gasteiger charge is -2.11. The Morgan fingerprint density at radius 1 is 1.24 bits per heavy atom. The number of rotatable bonds is 5. The highest BCUT2D eigenvalue weighted by atomic mass is 35.5. The first-order valence-electron chi connectivity index (χ1n) is 6.77. The van der Waals surface area contributed by atoms with Gasteiger partial charge in [0.25, 0.3) is 0 Å². The molecule has 1 aromatic heterocycles. The molecule has 1 aromatic carbocycles. The molecule has 2 aromatic rings. The number of hydrogen-bond donors (Lipinski definition) is 1. The summed E-state index contributed by atoms with van der Waals surface area (Å²) in [6.07, 6.45) is 1.91. The number of aryl methyl sites for hydroxylation is 1. The Kier molecular flexibility index (Phi) is 5.94. The maximum Gasteiger partial charge on any atom is 0.104 e. The van der Waals surface area contributed by atoms with Crippen molar-refractivity contribution in [2.45, 2.75) is 43.3 Å². The summed E-state index contributed by atoms with van der Waals surface area (Å²) < 4.78 is 0. The summed E-state index contributed by atoms with van der Waals surface area (Å²) in [5, 5.41) is 5.71. The number of pyridine rings is 1. The first-order valence-corrected chi connectivity index (χ1v) is 8.34. The number of hydrogen-bond acceptors (Lipinski definition) is 3. The Hall–Kier alpha value is -0.740. The van der Waals surface area contributed by atoms with Gasteiger partial charge in [-0.05, 0) is 36.2 Å². The highest BCUT2D eigenvalue weighted by molar-refractivity contribution is 7.99. The molecule has 0 bridgehead atoms. The van der Waals surface area contributed by atoms with Gasteiger partial charge in [0.15, 0.2) is 0 Å². The maximum atomic E-state index is 6.20. The number of nitrogens with one attached hydrogen (secondary N) is 1. The smallest absolute Gasteiger partial charge is 0.104 e. The fourth-order valence-corrected chi connectivity index (χ4v) is 3.16. The van der Waals surface area contributed by atoms with Crippen LogP contribution in [0.3, 0.4) is 0 Å². The molecule has 0 amide bonds. The molecule has 112 valence electrons. The van der Waals surface area contributed by atoms with Crippen LogP contribution in [0, 0.1) is 6.92 Å². The lowest BCUT2D eigenvalue weighted by atomic mass is 10.2. The Morgan fingerprint density at radius 3 is 2.67 bits per heavy atom. The highest BCUT2D eigenvalue weighted by Crippen LogP contribution is 2.35. The van der Waals surface area contributed by atoms with Crippen molar-refractivity contribution in [1.29, 1.82) is 0 Å². The molecule has 0 aliphatic rings. The zero-order chi connectivity index (χ0) is 15.4. The number of halogens is 2. The molecule has 2 nitrogen and oxygen atoms in total. The average molecular weight is 341 g/mol. The minimum absolute atomic E-state index is 0.463. The third-order valence-corrected chi connectivity index (χ3v) is 4.76. The van der Waals surface area contributed by atoms with Crippen LogP contribution in [0.25, 0.3) is 0 Å². The van der Waals surface area contributed by atoms with Crippen LogP contribution < -0.4 is 5.32 Å². The van der Waals surface area contributed by atoms with Crippen molar-refractivity contribution in [1.82, 2.24) is 10.3 Å². The van der Waals surface area contributed by atoms with Crippen molar-refractivity contribution in [2.75, 3.05) is 0 Å². The molecule has 0 saturated carbocycles. The zero-order valence-corrected chi connectivity index (χ0v) is 14.6. The van der Waals surface area contributed by atoms with Crippen LogP contribution in [0.15, 0.2) is 40.4 Å². The van der Waals surface area contributed by atoms with Gasteiger partial charge in [-0.2, -0.15) is 0 Å². The van der Waals surface area contributed by atoms with E-state index in [4.69, 9.17) is 23.2 Å². The third-order valence-electron chi connectivity index (χ3n) is 2.90. The summed E-state index contributed by atoms with van der Waals surface area (Å²) in [6.45, 7) is 7.15. The van der Waals surface area contributed by atoms with Gasteiger partial charge in [0.05, 0.1) is 5.02 Å². The predicted octanol–water partition coefficient (Wildman–Crippen LogP) is 5.35. The van der Waals surface area contributed by atoms with E-state index >= 15 is 0 Å². The van der Waals surface area contributed by atoms with Crippen LogP contribution in [0.5, 0.6) is 0 Å². The summed E-state index contributed by atoms with van der Waals surface area (Å²) in [6, 6.07) is 8.08. The van der Waals surface area contributed by atoms with Crippen molar-refractivity contribution in [3.63, 3.8) is 0 Å². The Bertz CT molecular complexity index is 630. The highest BCUT2D eigenvalue weighted by Gasteiger charge is 2.08. The fourth-order valence-electron chi connectivity index (χ4n) is 1.81. The van der Waals surface area contributed by atoms with E-state index < -0.39 is 0 Å². The van der Waals surface area contributed by atoms with Gasteiger partial charge in [-0.15, -0.1) is 0 Å². The van der Waals surface area contributed by atoms with E-state index in [0.717, 1.165) is 22.0 Å². The van der Waals surface area contributed by atoms with E-state index in [1.54, 1.807) is 17.8 Å². The molecule has 0 spiro atoms. The fraction of sp³-hybridized carbons (Fsp3) is 0.312. The molecular weight excluding hydrogens is 323 g/mol. The van der Waals surface area contributed by atoms with Crippen molar-refractivity contribution in [2.24, 2.45) is 0 Å². The second-order valence-electron chi connectivity index (χ2n) is 5.18. The Labute approximate surface area is 140 Å². The quantitative estimate of drug-likeness (QED) is 0.794. The average Bonchev–Trinajstić information content (AvgIpc) is 2.43. The SMILES string of the molecule is Cc1cc(CNC(C)C)cnc1Sc1cc(Cl)ccc1Cl. The molecule has 2 rings (SSSR count). The van der Waals surface area contributed by atoms with Crippen LogP contribution in [0.2, 0.25) is 10.0 Å². The van der Waals surface area contributed by atoms with Crippen molar-refractivity contribution in [3.8, 4) is 0 Å². The van der Waals surface area contributed by atoms with Gasteiger partial charge >= 0.3 is 0 Å². The molecule has 0 aliphatic carbocycles. The second-order valence-corrected chi connectivity index (χ2v) is 7.05. The van der Waals surface area contributed by atoms with Crippen LogP contribution in [0.4, 0.5) is 0 Å². The molecule has 0 saturated heterocycles. The zero-order valence-electron chi connectivity index (χ0n) is 12.3. The summed E-state index contributed by atoms with van der Waals surface area (Å²) in [4.78, 5) is 5.47. The Balaban J connectivity index is 2.15. The topological polar surface area (TPSA) is 24.9 Å². The van der Waals surface area contributed by atoms with Crippen LogP contribution in [0.1, 0.15) is 25.0 Å². The third kappa shape index (κ3) is 4.89. The van der Waals surface area contributed by atoms with Gasteiger partial charge in [0, 0.05) is 28.7 Å². The molecule has 0 fully saturated rings. The van der Waals surface area contributed by atoms with E-state index in [2.05, 4.69) is 37.1 Å². The van der Waals surface area contributed by atoms with E-state index in [-0.39, 0.29) is 0 Å². The molecule has 0 unspecified atom stereocenters. The van der Waals surface area contributed by atoms with Crippen molar-refractivity contribution >= 4 is 35.0 Å². The van der Waals surface area contributed by atoms with Crippen molar-refractivity contribution in [3.05, 3.63) is 51.6 Å². The van der Waals surface area contributed by atoms with E-state index in [0.29, 0.717) is 16.1 Å². The molecule has 21 heavy (non-hydrogen) atoms. The number of benzene rings is 1. The monoisotopic (exact) mass is 340 g/mol. The summed E-state index contributed by atoms with van der Waals surface area (Å²) in [7, 11) is 0. The van der Waals surface area contributed by atoms with Gasteiger partial charge in [-0.3, -0.25) is 0 Å². The maximum absolute atomic E-state index is 6.20. The second kappa shape index (κ2) is 7.50. The lowest BCUT2D eigenvalue weighted by molar-refractivity contribution is 0.587. The van der Waals surface area contributed by atoms with Gasteiger partial charge in [-0.1, -0.05) is 54.9 Å². The predicted molar refractivity (Wildman–Crippen MR) is 91.5 cm³/mol. The molecule has 0 aliphatic heterocycles. The van der Waals surface area contributed by atoms with E-state index in [1.807, 2.05) is 18.3 Å². The standard InChI is InChI=1S/C16H18Cl2N2S/c1-10(2)19-8-12-6-11(3)16(20-9-12)21-15-7-13(17)4-5-14(15)18/h4-7,9-10,19H,8H2,1-3H3. The molecule has 0 atom stereocenters. The van der Waals surface area contributed by atoms with Crippen molar-refractivity contribution < 1.29 is 0 Å². The van der Waals surface area contributed by atoms with Gasteiger partial charge < -0.3 is 5.32 Å². The van der Waals surface area contributed by atoms with Gasteiger partial charge in [0.2, 0.25) is 0 Å². The first-order chi connectivity index (χ1) is 9.95. The number of aromatic nitrogens is 1. The lowest BCUT2D eigenvalue weighted by Crippen LogP contribution is -2.21. The summed E-state index contributed by atoms with van der Waals surface area (Å²) in [5.74, 6) is 0. The Morgan fingerprint density at radius 2 is 2.00 bits per heavy atom. The molecule has 0 radical (unpaired) electrons. The molecule has 5 heteroatoms.